The van der Waals surface area contributed by atoms with E-state index in [-0.39, 0.29) is 24.0 Å². The van der Waals surface area contributed by atoms with E-state index in [1.54, 1.807) is 0 Å². The standard InChI is InChI=1S/C13H22N2O3/c1-2-3-10-8-15(13(18)14-10)11-6-4-9(5-7-11)12(16)17/h9-11H,2-8H2,1H3,(H,14,18)(H,16,17). The molecule has 2 aliphatic rings. The van der Waals surface area contributed by atoms with Crippen molar-refractivity contribution in [2.45, 2.75) is 57.5 Å². The summed E-state index contributed by atoms with van der Waals surface area (Å²) in [5.74, 6) is -0.901. The number of rotatable bonds is 4. The smallest absolute Gasteiger partial charge is 0.317 e. The van der Waals surface area contributed by atoms with Gasteiger partial charge in [0.1, 0.15) is 0 Å². The number of amides is 2. The number of aliphatic carboxylic acids is 1. The summed E-state index contributed by atoms with van der Waals surface area (Å²) in [6.45, 7) is 2.90. The Balaban J connectivity index is 1.86. The maximum absolute atomic E-state index is 11.9. The van der Waals surface area contributed by atoms with E-state index in [4.69, 9.17) is 5.11 Å². The SMILES string of the molecule is CCCC1CN(C2CCC(C(=O)O)CC2)C(=O)N1. The van der Waals surface area contributed by atoms with Crippen molar-refractivity contribution in [2.75, 3.05) is 6.54 Å². The van der Waals surface area contributed by atoms with E-state index < -0.39 is 5.97 Å². The molecule has 0 aromatic carbocycles. The Kier molecular flexibility index (Phi) is 4.09. The van der Waals surface area contributed by atoms with Crippen LogP contribution in [0.1, 0.15) is 45.4 Å². The van der Waals surface area contributed by atoms with Crippen molar-refractivity contribution in [3.8, 4) is 0 Å². The molecular formula is C13H22N2O3. The molecule has 2 amide bonds. The van der Waals surface area contributed by atoms with Crippen LogP contribution in [-0.4, -0.2) is 40.6 Å². The molecule has 1 atom stereocenters. The first kappa shape index (κ1) is 13.2. The van der Waals surface area contributed by atoms with Gasteiger partial charge in [-0.25, -0.2) is 4.79 Å². The third kappa shape index (κ3) is 2.76. The monoisotopic (exact) mass is 254 g/mol. The number of carboxylic acid groups (broad SMARTS) is 1. The summed E-state index contributed by atoms with van der Waals surface area (Å²) in [7, 11) is 0. The highest BCUT2D eigenvalue weighted by Crippen LogP contribution is 2.29. The Morgan fingerprint density at radius 3 is 2.61 bits per heavy atom. The van der Waals surface area contributed by atoms with Gasteiger partial charge in [0, 0.05) is 18.6 Å². The Bertz CT molecular complexity index is 324. The maximum Gasteiger partial charge on any atom is 0.317 e. The Hall–Kier alpha value is -1.26. The highest BCUT2D eigenvalue weighted by atomic mass is 16.4. The Morgan fingerprint density at radius 2 is 2.06 bits per heavy atom. The number of nitrogens with zero attached hydrogens (tertiary/aromatic N) is 1. The molecule has 0 radical (unpaired) electrons. The number of carbonyl (C=O) groups excluding carboxylic acids is 1. The first-order chi connectivity index (χ1) is 8.61. The van der Waals surface area contributed by atoms with Gasteiger partial charge in [0.2, 0.25) is 0 Å². The Labute approximate surface area is 108 Å². The van der Waals surface area contributed by atoms with Crippen molar-refractivity contribution in [3.63, 3.8) is 0 Å². The lowest BCUT2D eigenvalue weighted by Crippen LogP contribution is -2.41. The lowest BCUT2D eigenvalue weighted by Gasteiger charge is -2.32. The van der Waals surface area contributed by atoms with Crippen molar-refractivity contribution in [3.05, 3.63) is 0 Å². The summed E-state index contributed by atoms with van der Waals surface area (Å²) in [4.78, 5) is 24.7. The first-order valence-electron chi connectivity index (χ1n) is 6.91. The molecule has 2 rings (SSSR count). The predicted molar refractivity (Wildman–Crippen MR) is 67.3 cm³/mol. The number of carbonyl (C=O) groups is 2. The molecule has 0 spiro atoms. The van der Waals surface area contributed by atoms with Crippen molar-refractivity contribution in [2.24, 2.45) is 5.92 Å². The zero-order chi connectivity index (χ0) is 13.1. The van der Waals surface area contributed by atoms with E-state index in [9.17, 15) is 9.59 Å². The number of nitrogens with one attached hydrogen (secondary N) is 1. The maximum atomic E-state index is 11.9. The van der Waals surface area contributed by atoms with Gasteiger partial charge in [-0.3, -0.25) is 4.79 Å². The minimum absolute atomic E-state index is 0.0345. The number of hydrogen-bond donors (Lipinski definition) is 2. The molecule has 2 fully saturated rings. The van der Waals surface area contributed by atoms with Gasteiger partial charge in [0.15, 0.2) is 0 Å². The second-order valence-corrected chi connectivity index (χ2v) is 5.43. The Morgan fingerprint density at radius 1 is 1.39 bits per heavy atom. The van der Waals surface area contributed by atoms with Crippen LogP contribution in [0.3, 0.4) is 0 Å². The summed E-state index contributed by atoms with van der Waals surface area (Å²) in [5.41, 5.74) is 0. The highest BCUT2D eigenvalue weighted by Gasteiger charge is 2.36. The van der Waals surface area contributed by atoms with Gasteiger partial charge in [-0.05, 0) is 32.1 Å². The van der Waals surface area contributed by atoms with Crippen LogP contribution in [0.25, 0.3) is 0 Å². The molecule has 1 aliphatic heterocycles. The van der Waals surface area contributed by atoms with Crippen molar-refractivity contribution >= 4 is 12.0 Å². The molecule has 1 unspecified atom stereocenters. The van der Waals surface area contributed by atoms with Gasteiger partial charge in [0.25, 0.3) is 0 Å². The lowest BCUT2D eigenvalue weighted by atomic mass is 9.85. The minimum Gasteiger partial charge on any atom is -0.481 e. The molecular weight excluding hydrogens is 232 g/mol. The summed E-state index contributed by atoms with van der Waals surface area (Å²) in [6.07, 6.45) is 5.13. The minimum atomic E-state index is -0.691. The summed E-state index contributed by atoms with van der Waals surface area (Å²) >= 11 is 0. The molecule has 1 heterocycles. The van der Waals surface area contributed by atoms with Crippen LogP contribution in [-0.2, 0) is 4.79 Å². The average Bonchev–Trinajstić information content (AvgIpc) is 2.71. The van der Waals surface area contributed by atoms with Gasteiger partial charge in [0.05, 0.1) is 5.92 Å². The normalized spacial score (nSPS) is 32.4. The van der Waals surface area contributed by atoms with Gasteiger partial charge in [-0.15, -0.1) is 0 Å². The van der Waals surface area contributed by atoms with Crippen molar-refractivity contribution < 1.29 is 14.7 Å². The van der Waals surface area contributed by atoms with Crippen LogP contribution < -0.4 is 5.32 Å². The van der Waals surface area contributed by atoms with Crippen LogP contribution in [0.4, 0.5) is 4.79 Å². The molecule has 5 nitrogen and oxygen atoms in total. The topological polar surface area (TPSA) is 69.6 Å². The van der Waals surface area contributed by atoms with Crippen LogP contribution in [0.2, 0.25) is 0 Å². The zero-order valence-corrected chi connectivity index (χ0v) is 10.9. The fourth-order valence-corrected chi connectivity index (χ4v) is 3.08. The number of urea groups is 1. The van der Waals surface area contributed by atoms with Gasteiger partial charge < -0.3 is 15.3 Å². The largest absolute Gasteiger partial charge is 0.481 e. The quantitative estimate of drug-likeness (QED) is 0.804. The molecule has 5 heteroatoms. The van der Waals surface area contributed by atoms with E-state index in [0.717, 1.165) is 32.2 Å². The third-order valence-corrected chi connectivity index (χ3v) is 4.13. The fraction of sp³-hybridized carbons (Fsp3) is 0.846. The average molecular weight is 254 g/mol. The van der Waals surface area contributed by atoms with Crippen LogP contribution >= 0.6 is 0 Å². The van der Waals surface area contributed by atoms with E-state index in [2.05, 4.69) is 12.2 Å². The van der Waals surface area contributed by atoms with Gasteiger partial charge >= 0.3 is 12.0 Å². The summed E-state index contributed by atoms with van der Waals surface area (Å²) < 4.78 is 0. The molecule has 0 aromatic heterocycles. The molecule has 102 valence electrons. The number of hydrogen-bond acceptors (Lipinski definition) is 2. The zero-order valence-electron chi connectivity index (χ0n) is 10.9. The predicted octanol–water partition coefficient (Wildman–Crippen LogP) is 1.82. The number of carboxylic acids is 1. The lowest BCUT2D eigenvalue weighted by molar-refractivity contribution is -0.143. The van der Waals surface area contributed by atoms with Crippen LogP contribution in [0, 0.1) is 5.92 Å². The molecule has 1 aliphatic carbocycles. The molecule has 1 saturated heterocycles. The van der Waals surface area contributed by atoms with E-state index in [0.29, 0.717) is 12.8 Å². The third-order valence-electron chi connectivity index (χ3n) is 4.13. The second kappa shape index (κ2) is 5.59. The van der Waals surface area contributed by atoms with E-state index >= 15 is 0 Å². The molecule has 1 saturated carbocycles. The van der Waals surface area contributed by atoms with Crippen molar-refractivity contribution in [1.82, 2.24) is 10.2 Å². The van der Waals surface area contributed by atoms with Crippen LogP contribution in [0.15, 0.2) is 0 Å². The molecule has 2 N–H and O–H groups in total. The molecule has 0 bridgehead atoms. The molecule has 0 aromatic rings. The van der Waals surface area contributed by atoms with Crippen LogP contribution in [0.5, 0.6) is 0 Å². The molecule has 18 heavy (non-hydrogen) atoms. The summed E-state index contributed by atoms with van der Waals surface area (Å²) in [6, 6.07) is 0.550. The van der Waals surface area contributed by atoms with Gasteiger partial charge in [-0.2, -0.15) is 0 Å². The van der Waals surface area contributed by atoms with E-state index in [1.807, 2.05) is 4.90 Å². The highest BCUT2D eigenvalue weighted by molar-refractivity contribution is 5.77. The first-order valence-corrected chi connectivity index (χ1v) is 6.91. The van der Waals surface area contributed by atoms with Crippen molar-refractivity contribution in [1.29, 1.82) is 0 Å². The summed E-state index contributed by atoms with van der Waals surface area (Å²) in [5, 5.41) is 12.0. The van der Waals surface area contributed by atoms with Gasteiger partial charge in [-0.1, -0.05) is 13.3 Å². The fourth-order valence-electron chi connectivity index (χ4n) is 3.08. The second-order valence-electron chi connectivity index (χ2n) is 5.43. The van der Waals surface area contributed by atoms with E-state index in [1.165, 1.54) is 0 Å².